The number of rotatable bonds is 9. The standard InChI is InChI=1S/C24H21N3O4/c1-29-22-13-7-10-19(15-26-31-16-20-9-6-5-8-18(20)14-25)24(22)30-17-23(28)27-21-11-3-2-4-12-21/h2-13,15H,16-17H2,1H3,(H,27,28)/b26-15-. The Kier molecular flexibility index (Phi) is 7.61. The summed E-state index contributed by atoms with van der Waals surface area (Å²) in [6.45, 7) is -0.0492. The number of nitrogens with one attached hydrogen (secondary N) is 1. The van der Waals surface area contributed by atoms with Crippen LogP contribution in [0.5, 0.6) is 11.5 Å². The van der Waals surface area contributed by atoms with E-state index in [-0.39, 0.29) is 19.1 Å². The van der Waals surface area contributed by atoms with Crippen molar-refractivity contribution in [3.63, 3.8) is 0 Å². The summed E-state index contributed by atoms with van der Waals surface area (Å²) in [5.41, 5.74) is 2.54. The number of oxime groups is 1. The fourth-order valence-corrected chi connectivity index (χ4v) is 2.76. The zero-order valence-corrected chi connectivity index (χ0v) is 16.9. The summed E-state index contributed by atoms with van der Waals surface area (Å²) in [6, 6.07) is 23.7. The van der Waals surface area contributed by atoms with Crippen molar-refractivity contribution in [3.8, 4) is 17.6 Å². The van der Waals surface area contributed by atoms with Crippen LogP contribution in [-0.2, 0) is 16.2 Å². The van der Waals surface area contributed by atoms with E-state index in [1.165, 1.54) is 13.3 Å². The van der Waals surface area contributed by atoms with Gasteiger partial charge >= 0.3 is 0 Å². The summed E-state index contributed by atoms with van der Waals surface area (Å²) >= 11 is 0. The highest BCUT2D eigenvalue weighted by Crippen LogP contribution is 2.30. The van der Waals surface area contributed by atoms with Crippen LogP contribution in [-0.4, -0.2) is 25.8 Å². The number of carbonyl (C=O) groups is 1. The van der Waals surface area contributed by atoms with E-state index in [4.69, 9.17) is 19.6 Å². The Labute approximate surface area is 180 Å². The third kappa shape index (κ3) is 6.08. The van der Waals surface area contributed by atoms with E-state index in [0.29, 0.717) is 28.3 Å². The van der Waals surface area contributed by atoms with E-state index in [2.05, 4.69) is 16.5 Å². The van der Waals surface area contributed by atoms with E-state index < -0.39 is 0 Å². The normalized spacial score (nSPS) is 10.3. The van der Waals surface area contributed by atoms with Crippen LogP contribution in [0.3, 0.4) is 0 Å². The summed E-state index contributed by atoms with van der Waals surface area (Å²) in [7, 11) is 1.52. The highest BCUT2D eigenvalue weighted by atomic mass is 16.6. The lowest BCUT2D eigenvalue weighted by atomic mass is 10.1. The predicted molar refractivity (Wildman–Crippen MR) is 117 cm³/mol. The second kappa shape index (κ2) is 11.0. The van der Waals surface area contributed by atoms with Crippen molar-refractivity contribution in [2.45, 2.75) is 6.61 Å². The number of methoxy groups -OCH3 is 1. The molecule has 0 aliphatic carbocycles. The molecular formula is C24H21N3O4. The van der Waals surface area contributed by atoms with Gasteiger partial charge in [0.2, 0.25) is 0 Å². The van der Waals surface area contributed by atoms with Gasteiger partial charge in [0.05, 0.1) is 25.0 Å². The van der Waals surface area contributed by atoms with Gasteiger partial charge in [0.1, 0.15) is 6.61 Å². The van der Waals surface area contributed by atoms with E-state index in [1.54, 1.807) is 48.5 Å². The third-order valence-corrected chi connectivity index (χ3v) is 4.26. The molecule has 0 aromatic heterocycles. The Morgan fingerprint density at radius 1 is 1.06 bits per heavy atom. The number of ether oxygens (including phenoxy) is 2. The van der Waals surface area contributed by atoms with Gasteiger partial charge < -0.3 is 19.6 Å². The number of nitriles is 1. The van der Waals surface area contributed by atoms with Crippen molar-refractivity contribution in [1.29, 1.82) is 5.26 Å². The van der Waals surface area contributed by atoms with Gasteiger partial charge in [0.25, 0.3) is 5.91 Å². The van der Waals surface area contributed by atoms with Crippen molar-refractivity contribution < 1.29 is 19.1 Å². The van der Waals surface area contributed by atoms with Crippen LogP contribution in [0.4, 0.5) is 5.69 Å². The molecule has 156 valence electrons. The van der Waals surface area contributed by atoms with Crippen LogP contribution in [0.15, 0.2) is 78.0 Å². The van der Waals surface area contributed by atoms with Gasteiger partial charge in [0, 0.05) is 16.8 Å². The first-order chi connectivity index (χ1) is 15.2. The van der Waals surface area contributed by atoms with Gasteiger partial charge in [0.15, 0.2) is 18.1 Å². The van der Waals surface area contributed by atoms with Gasteiger partial charge in [-0.15, -0.1) is 0 Å². The zero-order valence-electron chi connectivity index (χ0n) is 16.9. The first-order valence-electron chi connectivity index (χ1n) is 9.49. The van der Waals surface area contributed by atoms with E-state index in [1.807, 2.05) is 24.3 Å². The molecule has 0 saturated heterocycles. The fraction of sp³-hybridized carbons (Fsp3) is 0.125. The molecule has 0 unspecified atom stereocenters. The number of hydrogen-bond donors (Lipinski definition) is 1. The largest absolute Gasteiger partial charge is 0.493 e. The van der Waals surface area contributed by atoms with Crippen molar-refractivity contribution in [3.05, 3.63) is 89.5 Å². The molecule has 1 amide bonds. The Balaban J connectivity index is 1.65. The van der Waals surface area contributed by atoms with Gasteiger partial charge in [-0.3, -0.25) is 4.79 Å². The Bertz CT molecular complexity index is 1090. The van der Waals surface area contributed by atoms with Crippen LogP contribution >= 0.6 is 0 Å². The number of hydrogen-bond acceptors (Lipinski definition) is 6. The molecule has 7 heteroatoms. The second-order valence-corrected chi connectivity index (χ2v) is 6.36. The Hall–Kier alpha value is -4.31. The minimum Gasteiger partial charge on any atom is -0.493 e. The molecule has 0 fully saturated rings. The monoisotopic (exact) mass is 415 g/mol. The Morgan fingerprint density at radius 3 is 2.61 bits per heavy atom. The van der Waals surface area contributed by atoms with Crippen molar-refractivity contribution in [2.24, 2.45) is 5.16 Å². The molecule has 0 bridgehead atoms. The number of amides is 1. The maximum Gasteiger partial charge on any atom is 0.262 e. The molecule has 0 spiro atoms. The third-order valence-electron chi connectivity index (χ3n) is 4.26. The molecule has 0 heterocycles. The van der Waals surface area contributed by atoms with Crippen LogP contribution in [0.2, 0.25) is 0 Å². The molecule has 0 aliphatic heterocycles. The lowest BCUT2D eigenvalue weighted by molar-refractivity contribution is -0.118. The van der Waals surface area contributed by atoms with Crippen LogP contribution in [0.1, 0.15) is 16.7 Å². The lowest BCUT2D eigenvalue weighted by Crippen LogP contribution is -2.20. The van der Waals surface area contributed by atoms with Crippen LogP contribution in [0, 0.1) is 11.3 Å². The highest BCUT2D eigenvalue weighted by molar-refractivity contribution is 5.92. The fourth-order valence-electron chi connectivity index (χ4n) is 2.76. The minimum atomic E-state index is -0.302. The molecular weight excluding hydrogens is 394 g/mol. The van der Waals surface area contributed by atoms with Gasteiger partial charge in [-0.2, -0.15) is 5.26 Å². The summed E-state index contributed by atoms with van der Waals surface area (Å²) in [5, 5.41) is 15.9. The number of para-hydroxylation sites is 2. The number of carbonyl (C=O) groups excluding carboxylic acids is 1. The summed E-state index contributed by atoms with van der Waals surface area (Å²) in [4.78, 5) is 17.6. The van der Waals surface area contributed by atoms with E-state index in [9.17, 15) is 4.79 Å². The summed E-state index contributed by atoms with van der Waals surface area (Å²) in [6.07, 6.45) is 1.47. The average Bonchev–Trinajstić information content (AvgIpc) is 2.81. The predicted octanol–water partition coefficient (Wildman–Crippen LogP) is 4.14. The maximum atomic E-state index is 12.2. The lowest BCUT2D eigenvalue weighted by Gasteiger charge is -2.13. The molecule has 3 aromatic carbocycles. The summed E-state index contributed by atoms with van der Waals surface area (Å²) < 4.78 is 11.1. The molecule has 0 radical (unpaired) electrons. The Morgan fingerprint density at radius 2 is 1.84 bits per heavy atom. The molecule has 0 aliphatic rings. The molecule has 0 atom stereocenters. The van der Waals surface area contributed by atoms with E-state index in [0.717, 1.165) is 5.56 Å². The molecule has 31 heavy (non-hydrogen) atoms. The SMILES string of the molecule is COc1cccc(/C=N\OCc2ccccc2C#N)c1OCC(=O)Nc1ccccc1. The first kappa shape index (κ1) is 21.4. The molecule has 3 rings (SSSR count). The number of anilines is 1. The quantitative estimate of drug-likeness (QED) is 0.419. The summed E-state index contributed by atoms with van der Waals surface area (Å²) in [5.74, 6) is 0.536. The average molecular weight is 415 g/mol. The van der Waals surface area contributed by atoms with Crippen LogP contribution < -0.4 is 14.8 Å². The minimum absolute atomic E-state index is 0.153. The topological polar surface area (TPSA) is 92.9 Å². The number of nitrogens with zero attached hydrogens (tertiary/aromatic N) is 2. The van der Waals surface area contributed by atoms with Gasteiger partial charge in [-0.1, -0.05) is 47.6 Å². The maximum absolute atomic E-state index is 12.2. The first-order valence-corrected chi connectivity index (χ1v) is 9.49. The molecule has 1 N–H and O–H groups in total. The van der Waals surface area contributed by atoms with Gasteiger partial charge in [-0.05, 0) is 30.3 Å². The van der Waals surface area contributed by atoms with Gasteiger partial charge in [-0.25, -0.2) is 0 Å². The second-order valence-electron chi connectivity index (χ2n) is 6.36. The van der Waals surface area contributed by atoms with Crippen molar-refractivity contribution in [1.82, 2.24) is 0 Å². The smallest absolute Gasteiger partial charge is 0.262 e. The number of benzene rings is 3. The molecule has 3 aromatic rings. The van der Waals surface area contributed by atoms with Crippen molar-refractivity contribution >= 4 is 17.8 Å². The molecule has 7 nitrogen and oxygen atoms in total. The zero-order chi connectivity index (χ0) is 21.9. The van der Waals surface area contributed by atoms with E-state index >= 15 is 0 Å². The molecule has 0 saturated carbocycles. The van der Waals surface area contributed by atoms with Crippen molar-refractivity contribution in [2.75, 3.05) is 19.0 Å². The van der Waals surface area contributed by atoms with Crippen LogP contribution in [0.25, 0.3) is 0 Å². The highest BCUT2D eigenvalue weighted by Gasteiger charge is 2.12.